The first-order chi connectivity index (χ1) is 14.5. The number of hydrogen-bond donors (Lipinski definition) is 2. The zero-order chi connectivity index (χ0) is 21.1. The van der Waals surface area contributed by atoms with Crippen LogP contribution in [0.1, 0.15) is 12.8 Å². The third-order valence-electron chi connectivity index (χ3n) is 5.31. The Morgan fingerprint density at radius 3 is 2.70 bits per heavy atom. The third-order valence-corrected chi connectivity index (χ3v) is 6.57. The number of benzene rings is 2. The Bertz CT molecular complexity index is 963. The number of methoxy groups -OCH3 is 1. The van der Waals surface area contributed by atoms with Gasteiger partial charge >= 0.3 is 0 Å². The number of likely N-dealkylation sites (tertiary alicyclic amines) is 1. The summed E-state index contributed by atoms with van der Waals surface area (Å²) in [5.74, 6) is -0.271. The summed E-state index contributed by atoms with van der Waals surface area (Å²) in [7, 11) is 1.59. The van der Waals surface area contributed by atoms with Crippen LogP contribution in [0.25, 0.3) is 0 Å². The zero-order valence-electron chi connectivity index (χ0n) is 16.6. The number of carbonyl (C=O) groups is 3. The summed E-state index contributed by atoms with van der Waals surface area (Å²) in [6.45, 7) is 0.865. The number of amides is 3. The van der Waals surface area contributed by atoms with Crippen LogP contribution in [0.3, 0.4) is 0 Å². The molecule has 2 heterocycles. The van der Waals surface area contributed by atoms with Crippen LogP contribution in [0.4, 0.5) is 11.4 Å². The average Bonchev–Trinajstić information content (AvgIpc) is 2.78. The van der Waals surface area contributed by atoms with E-state index in [4.69, 9.17) is 4.74 Å². The van der Waals surface area contributed by atoms with Gasteiger partial charge in [0, 0.05) is 23.7 Å². The molecule has 1 fully saturated rings. The highest BCUT2D eigenvalue weighted by atomic mass is 32.2. The summed E-state index contributed by atoms with van der Waals surface area (Å²) >= 11 is 1.27. The van der Waals surface area contributed by atoms with Gasteiger partial charge in [-0.15, -0.1) is 11.8 Å². The molecular formula is C22H23N3O4S. The van der Waals surface area contributed by atoms with Gasteiger partial charge in [-0.05, 0) is 49.2 Å². The molecule has 2 aromatic carbocycles. The molecule has 0 radical (unpaired) electrons. The van der Waals surface area contributed by atoms with E-state index in [0.29, 0.717) is 30.9 Å². The van der Waals surface area contributed by atoms with E-state index >= 15 is 0 Å². The Hall–Kier alpha value is -3.00. The quantitative estimate of drug-likeness (QED) is 0.736. The first-order valence-electron chi connectivity index (χ1n) is 9.85. The molecule has 3 amide bonds. The van der Waals surface area contributed by atoms with Gasteiger partial charge in [0.2, 0.25) is 17.7 Å². The van der Waals surface area contributed by atoms with Crippen LogP contribution in [0, 0.1) is 5.92 Å². The van der Waals surface area contributed by atoms with Gasteiger partial charge in [0.05, 0.1) is 18.7 Å². The van der Waals surface area contributed by atoms with E-state index in [1.165, 1.54) is 11.8 Å². The van der Waals surface area contributed by atoms with Crippen LogP contribution >= 0.6 is 11.8 Å². The lowest BCUT2D eigenvalue weighted by Crippen LogP contribution is -2.50. The maximum Gasteiger partial charge on any atom is 0.247 e. The molecule has 0 bridgehead atoms. The van der Waals surface area contributed by atoms with Crippen LogP contribution in [-0.2, 0) is 14.4 Å². The van der Waals surface area contributed by atoms with Crippen molar-refractivity contribution in [3.05, 3.63) is 48.5 Å². The van der Waals surface area contributed by atoms with Crippen molar-refractivity contribution < 1.29 is 19.1 Å². The van der Waals surface area contributed by atoms with Crippen molar-refractivity contribution in [1.29, 1.82) is 0 Å². The second kappa shape index (κ2) is 8.79. The van der Waals surface area contributed by atoms with E-state index in [-0.39, 0.29) is 23.6 Å². The van der Waals surface area contributed by atoms with Gasteiger partial charge < -0.3 is 20.3 Å². The highest BCUT2D eigenvalue weighted by molar-refractivity contribution is 8.01. The van der Waals surface area contributed by atoms with Crippen molar-refractivity contribution in [2.45, 2.75) is 23.0 Å². The van der Waals surface area contributed by atoms with Crippen molar-refractivity contribution in [3.63, 3.8) is 0 Å². The molecule has 1 saturated heterocycles. The summed E-state index contributed by atoms with van der Waals surface area (Å²) in [6, 6.07) is 14.6. The molecule has 0 spiro atoms. The van der Waals surface area contributed by atoms with E-state index in [0.717, 1.165) is 17.0 Å². The lowest BCUT2D eigenvalue weighted by molar-refractivity contribution is -0.136. The van der Waals surface area contributed by atoms with Gasteiger partial charge in [-0.25, -0.2) is 0 Å². The largest absolute Gasteiger partial charge is 0.497 e. The minimum atomic E-state index is -0.830. The maximum absolute atomic E-state index is 13.1. The summed E-state index contributed by atoms with van der Waals surface area (Å²) in [5, 5.41) is 4.89. The van der Waals surface area contributed by atoms with Crippen LogP contribution in [0.5, 0.6) is 5.75 Å². The Labute approximate surface area is 179 Å². The predicted molar refractivity (Wildman–Crippen MR) is 116 cm³/mol. The van der Waals surface area contributed by atoms with Gasteiger partial charge in [-0.1, -0.05) is 12.1 Å². The number of carbonyl (C=O) groups excluding carboxylic acids is 3. The summed E-state index contributed by atoms with van der Waals surface area (Å²) in [4.78, 5) is 40.8. The molecule has 2 aliphatic rings. The number of ether oxygens (including phenoxy) is 1. The number of hydrogen-bond acceptors (Lipinski definition) is 5. The molecule has 8 heteroatoms. The normalized spacial score (nSPS) is 20.7. The fraction of sp³-hybridized carbons (Fsp3) is 0.318. The minimum Gasteiger partial charge on any atom is -0.497 e. The fourth-order valence-corrected chi connectivity index (χ4v) is 4.76. The number of nitrogens with zero attached hydrogens (tertiary/aromatic N) is 1. The SMILES string of the molecule is COc1ccc(NC(=O)[C@@H]2CCCN(C(=O)[C@@H]3Sc4ccccc4NC3=O)C2)cc1. The molecule has 156 valence electrons. The van der Waals surface area contributed by atoms with Gasteiger partial charge in [-0.3, -0.25) is 14.4 Å². The number of piperidine rings is 1. The van der Waals surface area contributed by atoms with Gasteiger partial charge in [0.25, 0.3) is 0 Å². The second-order valence-electron chi connectivity index (χ2n) is 7.32. The average molecular weight is 426 g/mol. The smallest absolute Gasteiger partial charge is 0.247 e. The molecule has 0 saturated carbocycles. The minimum absolute atomic E-state index is 0.122. The topological polar surface area (TPSA) is 87.7 Å². The van der Waals surface area contributed by atoms with Crippen LogP contribution in [0.15, 0.2) is 53.4 Å². The van der Waals surface area contributed by atoms with E-state index < -0.39 is 5.25 Å². The van der Waals surface area contributed by atoms with E-state index in [1.807, 2.05) is 24.3 Å². The van der Waals surface area contributed by atoms with Gasteiger partial charge in [0.15, 0.2) is 5.25 Å². The molecular weight excluding hydrogens is 402 g/mol. The Morgan fingerprint density at radius 2 is 1.93 bits per heavy atom. The number of fused-ring (bicyclic) bond motifs is 1. The highest BCUT2D eigenvalue weighted by Crippen LogP contribution is 2.36. The number of anilines is 2. The fourth-order valence-electron chi connectivity index (χ4n) is 3.69. The molecule has 2 atom stereocenters. The first kappa shape index (κ1) is 20.3. The molecule has 2 aliphatic heterocycles. The molecule has 2 aromatic rings. The summed E-state index contributed by atoms with van der Waals surface area (Å²) in [6.07, 6.45) is 1.43. The zero-order valence-corrected chi connectivity index (χ0v) is 17.4. The number of nitrogens with one attached hydrogen (secondary N) is 2. The van der Waals surface area contributed by atoms with E-state index in [9.17, 15) is 14.4 Å². The Kier molecular flexibility index (Phi) is 5.94. The Morgan fingerprint density at radius 1 is 1.17 bits per heavy atom. The standard InChI is InChI=1S/C22H23N3O4S/c1-29-16-10-8-15(9-11-16)23-20(26)14-5-4-12-25(13-14)22(28)19-21(27)24-17-6-2-3-7-18(17)30-19/h2-3,6-11,14,19H,4-5,12-13H2,1H3,(H,23,26)(H,24,27)/t14-,19-/m1/s1. The Balaban J connectivity index is 1.40. The molecule has 4 rings (SSSR count). The summed E-state index contributed by atoms with van der Waals surface area (Å²) in [5.41, 5.74) is 1.41. The first-order valence-corrected chi connectivity index (χ1v) is 10.7. The lowest BCUT2D eigenvalue weighted by Gasteiger charge is -2.35. The lowest BCUT2D eigenvalue weighted by atomic mass is 9.96. The number of rotatable bonds is 4. The van der Waals surface area contributed by atoms with E-state index in [2.05, 4.69) is 10.6 Å². The van der Waals surface area contributed by atoms with Crippen molar-refractivity contribution in [2.75, 3.05) is 30.8 Å². The van der Waals surface area contributed by atoms with Crippen LogP contribution < -0.4 is 15.4 Å². The molecule has 0 unspecified atom stereocenters. The number of para-hydroxylation sites is 1. The molecule has 30 heavy (non-hydrogen) atoms. The van der Waals surface area contributed by atoms with Gasteiger partial charge in [0.1, 0.15) is 5.75 Å². The molecule has 0 aliphatic carbocycles. The monoisotopic (exact) mass is 425 g/mol. The highest BCUT2D eigenvalue weighted by Gasteiger charge is 2.38. The predicted octanol–water partition coefficient (Wildman–Crippen LogP) is 2.99. The van der Waals surface area contributed by atoms with Crippen LogP contribution in [-0.4, -0.2) is 48.1 Å². The van der Waals surface area contributed by atoms with Crippen molar-refractivity contribution in [3.8, 4) is 5.75 Å². The maximum atomic E-state index is 13.1. The van der Waals surface area contributed by atoms with E-state index in [1.54, 1.807) is 36.3 Å². The molecule has 2 N–H and O–H groups in total. The molecule has 0 aromatic heterocycles. The van der Waals surface area contributed by atoms with Crippen molar-refractivity contribution >= 4 is 40.9 Å². The summed E-state index contributed by atoms with van der Waals surface area (Å²) < 4.78 is 5.13. The van der Waals surface area contributed by atoms with Gasteiger partial charge in [-0.2, -0.15) is 0 Å². The second-order valence-corrected chi connectivity index (χ2v) is 8.47. The third kappa shape index (κ3) is 4.28. The van der Waals surface area contributed by atoms with Crippen LogP contribution in [0.2, 0.25) is 0 Å². The van der Waals surface area contributed by atoms with Crippen molar-refractivity contribution in [1.82, 2.24) is 4.90 Å². The number of thioether (sulfide) groups is 1. The molecule has 7 nitrogen and oxygen atoms in total. The van der Waals surface area contributed by atoms with Crippen molar-refractivity contribution in [2.24, 2.45) is 5.92 Å².